The highest BCUT2D eigenvalue weighted by atomic mass is 79.9. The number of nitrogens with zero attached hydrogens (tertiary/aromatic N) is 1. The van der Waals surface area contributed by atoms with Gasteiger partial charge in [0.15, 0.2) is 11.5 Å². The highest BCUT2D eigenvalue weighted by Crippen LogP contribution is 2.45. The van der Waals surface area contributed by atoms with Crippen LogP contribution in [0.4, 0.5) is 0 Å². The lowest BCUT2D eigenvalue weighted by molar-refractivity contribution is -0.948. The average Bonchev–Trinajstić information content (AvgIpc) is 3.16. The number of ether oxygens (including phenoxy) is 2. The number of rotatable bonds is 3. The van der Waals surface area contributed by atoms with Gasteiger partial charge in [-0.3, -0.25) is 0 Å². The fourth-order valence-corrected chi connectivity index (χ4v) is 4.93. The molecule has 0 aliphatic carbocycles. The molecule has 3 nitrogen and oxygen atoms in total. The summed E-state index contributed by atoms with van der Waals surface area (Å²) in [7, 11) is 2.38. The summed E-state index contributed by atoms with van der Waals surface area (Å²) in [5, 5.41) is 0. The normalized spacial score (nSPS) is 21.9. The van der Waals surface area contributed by atoms with Gasteiger partial charge in [0.05, 0.1) is 13.6 Å². The van der Waals surface area contributed by atoms with Crippen LogP contribution in [0.5, 0.6) is 11.5 Å². The number of hydrogen-bond donors (Lipinski definition) is 0. The first kappa shape index (κ1) is 20.5. The van der Waals surface area contributed by atoms with Crippen LogP contribution in [-0.2, 0) is 13.0 Å². The van der Waals surface area contributed by atoms with Gasteiger partial charge in [-0.25, -0.2) is 0 Å². The molecule has 5 heteroatoms. The highest BCUT2D eigenvalue weighted by Gasteiger charge is 2.41. The van der Waals surface area contributed by atoms with Crippen LogP contribution >= 0.6 is 15.9 Å². The molecular weight excluding hydrogens is 494 g/mol. The van der Waals surface area contributed by atoms with Gasteiger partial charge in [0, 0.05) is 27.6 Å². The molecular formula is C24H23Br2NO2. The van der Waals surface area contributed by atoms with E-state index < -0.39 is 0 Å². The minimum atomic E-state index is 0. The predicted octanol–water partition coefficient (Wildman–Crippen LogP) is 2.47. The van der Waals surface area contributed by atoms with Crippen molar-refractivity contribution < 1.29 is 30.9 Å². The third-order valence-electron chi connectivity index (χ3n) is 6.02. The van der Waals surface area contributed by atoms with E-state index in [-0.39, 0.29) is 23.0 Å². The number of benzene rings is 3. The monoisotopic (exact) mass is 515 g/mol. The van der Waals surface area contributed by atoms with E-state index in [0.29, 0.717) is 6.79 Å². The topological polar surface area (TPSA) is 18.5 Å². The fourth-order valence-electron chi connectivity index (χ4n) is 4.66. The average molecular weight is 517 g/mol. The Kier molecular flexibility index (Phi) is 5.74. The van der Waals surface area contributed by atoms with Crippen LogP contribution in [-0.4, -0.2) is 24.9 Å². The van der Waals surface area contributed by atoms with Gasteiger partial charge in [-0.05, 0) is 29.8 Å². The predicted molar refractivity (Wildman–Crippen MR) is 113 cm³/mol. The molecule has 0 N–H and O–H groups in total. The molecule has 0 saturated heterocycles. The molecule has 0 spiro atoms. The van der Waals surface area contributed by atoms with Crippen molar-refractivity contribution in [3.05, 3.63) is 93.5 Å². The van der Waals surface area contributed by atoms with E-state index in [2.05, 4.69) is 89.7 Å². The zero-order chi connectivity index (χ0) is 19.1. The second-order valence-electron chi connectivity index (χ2n) is 7.96. The van der Waals surface area contributed by atoms with E-state index in [1.807, 2.05) is 0 Å². The van der Waals surface area contributed by atoms with E-state index in [1.54, 1.807) is 0 Å². The summed E-state index contributed by atoms with van der Waals surface area (Å²) in [4.78, 5) is 0. The van der Waals surface area contributed by atoms with Crippen molar-refractivity contribution >= 4 is 15.9 Å². The van der Waals surface area contributed by atoms with Crippen LogP contribution in [0.2, 0.25) is 0 Å². The molecule has 0 aromatic heterocycles. The third-order valence-corrected chi connectivity index (χ3v) is 6.55. The molecule has 0 fully saturated rings. The van der Waals surface area contributed by atoms with E-state index >= 15 is 0 Å². The van der Waals surface area contributed by atoms with E-state index in [1.165, 1.54) is 22.3 Å². The van der Waals surface area contributed by atoms with Crippen LogP contribution in [0.15, 0.2) is 71.2 Å². The van der Waals surface area contributed by atoms with Crippen molar-refractivity contribution in [3.63, 3.8) is 0 Å². The zero-order valence-corrected chi connectivity index (χ0v) is 19.4. The molecule has 0 saturated carbocycles. The fraction of sp³-hybridized carbons (Fsp3) is 0.250. The molecule has 2 heterocycles. The minimum absolute atomic E-state index is 0. The van der Waals surface area contributed by atoms with Crippen molar-refractivity contribution in [2.75, 3.05) is 20.4 Å². The zero-order valence-electron chi connectivity index (χ0n) is 16.3. The summed E-state index contributed by atoms with van der Waals surface area (Å²) in [6.45, 7) is 2.39. The molecule has 29 heavy (non-hydrogen) atoms. The molecule has 2 unspecified atom stereocenters. The first-order valence-electron chi connectivity index (χ1n) is 9.68. The Hall–Kier alpha value is -1.82. The summed E-state index contributed by atoms with van der Waals surface area (Å²) < 4.78 is 13.4. The molecule has 0 bridgehead atoms. The van der Waals surface area contributed by atoms with Gasteiger partial charge in [-0.2, -0.15) is 0 Å². The lowest BCUT2D eigenvalue weighted by atomic mass is 9.85. The first-order valence-corrected chi connectivity index (χ1v) is 10.5. The van der Waals surface area contributed by atoms with Crippen molar-refractivity contribution in [1.29, 1.82) is 0 Å². The Bertz CT molecular complexity index is 1010. The summed E-state index contributed by atoms with van der Waals surface area (Å²) in [6, 6.07) is 24.3. The Morgan fingerprint density at radius 3 is 2.38 bits per heavy atom. The number of hydrogen-bond acceptors (Lipinski definition) is 2. The molecule has 2 aliphatic rings. The second kappa shape index (κ2) is 8.13. The molecule has 3 aromatic rings. The Labute approximate surface area is 190 Å². The maximum absolute atomic E-state index is 5.71. The Morgan fingerprint density at radius 1 is 0.966 bits per heavy atom. The van der Waals surface area contributed by atoms with Crippen molar-refractivity contribution in [2.45, 2.75) is 19.0 Å². The number of halogens is 2. The standard InChI is InChI=1S/C24H23BrNO2.BrH/c1-26(15-17-7-9-20(25)10-8-17)12-11-19-13-22-23(28-16-27-22)14-21(19)24(26)18-5-3-2-4-6-18;/h2-10,13-14,24H,11-12,15-16H2,1H3;1H/q+1;/p-1. The highest BCUT2D eigenvalue weighted by molar-refractivity contribution is 9.10. The molecule has 0 amide bonds. The summed E-state index contributed by atoms with van der Waals surface area (Å²) in [6.07, 6.45) is 1.04. The molecule has 3 aromatic carbocycles. The third kappa shape index (κ3) is 3.83. The first-order chi connectivity index (χ1) is 13.6. The second-order valence-corrected chi connectivity index (χ2v) is 8.87. The van der Waals surface area contributed by atoms with Crippen LogP contribution < -0.4 is 26.5 Å². The van der Waals surface area contributed by atoms with E-state index in [0.717, 1.165) is 40.0 Å². The summed E-state index contributed by atoms with van der Waals surface area (Å²) in [5.41, 5.74) is 5.45. The van der Waals surface area contributed by atoms with E-state index in [9.17, 15) is 0 Å². The maximum atomic E-state index is 5.71. The van der Waals surface area contributed by atoms with Gasteiger partial charge in [0.25, 0.3) is 0 Å². The minimum Gasteiger partial charge on any atom is -1.00 e. The molecule has 150 valence electrons. The van der Waals surface area contributed by atoms with Gasteiger partial charge >= 0.3 is 0 Å². The van der Waals surface area contributed by atoms with Crippen molar-refractivity contribution in [3.8, 4) is 11.5 Å². The Balaban J connectivity index is 0.00000205. The number of quaternary nitrogens is 1. The van der Waals surface area contributed by atoms with Crippen LogP contribution in [0.1, 0.15) is 28.3 Å². The van der Waals surface area contributed by atoms with Gasteiger partial charge in [0.1, 0.15) is 12.6 Å². The molecule has 2 aliphatic heterocycles. The molecule has 0 radical (unpaired) electrons. The van der Waals surface area contributed by atoms with Crippen molar-refractivity contribution in [1.82, 2.24) is 0 Å². The number of likely N-dealkylation sites (N-methyl/N-ethyl adjacent to an activating group) is 1. The Morgan fingerprint density at radius 2 is 1.66 bits per heavy atom. The van der Waals surface area contributed by atoms with Crippen molar-refractivity contribution in [2.24, 2.45) is 0 Å². The largest absolute Gasteiger partial charge is 1.00 e. The smallest absolute Gasteiger partial charge is 0.231 e. The lowest BCUT2D eigenvalue weighted by Gasteiger charge is -2.46. The number of fused-ring (bicyclic) bond motifs is 2. The van der Waals surface area contributed by atoms with Gasteiger partial charge in [-0.1, -0.05) is 58.4 Å². The molecule has 2 atom stereocenters. The SMILES string of the molecule is C[N+]1(Cc2ccc(Br)cc2)CCc2cc3c(cc2C1c1ccccc1)OCO3.[Br-]. The van der Waals surface area contributed by atoms with Crippen LogP contribution in [0.25, 0.3) is 0 Å². The van der Waals surface area contributed by atoms with Crippen LogP contribution in [0, 0.1) is 0 Å². The van der Waals surface area contributed by atoms with Gasteiger partial charge in [-0.15, -0.1) is 0 Å². The quantitative estimate of drug-likeness (QED) is 0.498. The molecule has 5 rings (SSSR count). The van der Waals surface area contributed by atoms with E-state index in [4.69, 9.17) is 9.47 Å². The summed E-state index contributed by atoms with van der Waals surface area (Å²) >= 11 is 3.55. The van der Waals surface area contributed by atoms with Gasteiger partial charge in [0.2, 0.25) is 6.79 Å². The maximum Gasteiger partial charge on any atom is 0.231 e. The van der Waals surface area contributed by atoms with Gasteiger partial charge < -0.3 is 30.9 Å². The summed E-state index contributed by atoms with van der Waals surface area (Å²) in [5.74, 6) is 1.76. The lowest BCUT2D eigenvalue weighted by Crippen LogP contribution is -3.00. The van der Waals surface area contributed by atoms with Crippen LogP contribution in [0.3, 0.4) is 0 Å².